The maximum absolute atomic E-state index is 12.5. The number of H-pyrrole nitrogens is 1. The zero-order valence-electron chi connectivity index (χ0n) is 14.2. The Morgan fingerprint density at radius 1 is 1.30 bits per heavy atom. The van der Waals surface area contributed by atoms with Crippen LogP contribution >= 0.6 is 0 Å². The molecule has 124 valence electrons. The van der Waals surface area contributed by atoms with Crippen molar-refractivity contribution in [1.29, 1.82) is 0 Å². The van der Waals surface area contributed by atoms with Crippen molar-refractivity contribution >= 4 is 5.91 Å². The van der Waals surface area contributed by atoms with Crippen LogP contribution in [0.25, 0.3) is 0 Å². The molecule has 2 aromatic rings. The van der Waals surface area contributed by atoms with Crippen LogP contribution in [0.4, 0.5) is 0 Å². The Hall–Kier alpha value is -2.14. The molecule has 0 aliphatic rings. The van der Waals surface area contributed by atoms with E-state index in [9.17, 15) is 9.90 Å². The van der Waals surface area contributed by atoms with Gasteiger partial charge in [-0.3, -0.25) is 9.89 Å². The fourth-order valence-corrected chi connectivity index (χ4v) is 2.81. The van der Waals surface area contributed by atoms with Crippen LogP contribution in [0.15, 0.2) is 30.3 Å². The Labute approximate surface area is 137 Å². The van der Waals surface area contributed by atoms with Crippen molar-refractivity contribution in [3.63, 3.8) is 0 Å². The van der Waals surface area contributed by atoms with Crippen molar-refractivity contribution in [2.24, 2.45) is 5.41 Å². The van der Waals surface area contributed by atoms with E-state index >= 15 is 0 Å². The SMILES string of the molecule is Cc1n[nH]c(C)c1C(=O)NCC(c1ccccc1)C(C)(C)CO. The molecular weight excluding hydrogens is 290 g/mol. The third kappa shape index (κ3) is 3.79. The molecule has 1 unspecified atom stereocenters. The largest absolute Gasteiger partial charge is 0.396 e. The molecule has 2 rings (SSSR count). The second kappa shape index (κ2) is 6.96. The molecule has 0 saturated carbocycles. The first kappa shape index (κ1) is 17.2. The van der Waals surface area contributed by atoms with Gasteiger partial charge in [0.05, 0.1) is 11.3 Å². The molecule has 0 aliphatic heterocycles. The highest BCUT2D eigenvalue weighted by Crippen LogP contribution is 2.34. The minimum atomic E-state index is -0.338. The summed E-state index contributed by atoms with van der Waals surface area (Å²) in [6.07, 6.45) is 0. The number of rotatable bonds is 6. The van der Waals surface area contributed by atoms with Gasteiger partial charge in [-0.15, -0.1) is 0 Å². The zero-order chi connectivity index (χ0) is 17.0. The Balaban J connectivity index is 2.18. The summed E-state index contributed by atoms with van der Waals surface area (Å²) in [4.78, 5) is 12.5. The predicted octanol–water partition coefficient (Wildman–Crippen LogP) is 2.56. The van der Waals surface area contributed by atoms with Crippen LogP contribution in [0.3, 0.4) is 0 Å². The molecule has 5 nitrogen and oxygen atoms in total. The molecular formula is C18H25N3O2. The molecule has 0 saturated heterocycles. The van der Waals surface area contributed by atoms with Crippen molar-refractivity contribution < 1.29 is 9.90 Å². The Morgan fingerprint density at radius 2 is 1.96 bits per heavy atom. The minimum absolute atomic E-state index is 0.0187. The summed E-state index contributed by atoms with van der Waals surface area (Å²) in [5.74, 6) is -0.117. The second-order valence-corrected chi connectivity index (χ2v) is 6.63. The molecule has 0 aliphatic carbocycles. The van der Waals surface area contributed by atoms with Gasteiger partial charge >= 0.3 is 0 Å². The predicted molar refractivity (Wildman–Crippen MR) is 90.4 cm³/mol. The van der Waals surface area contributed by atoms with Crippen molar-refractivity contribution in [3.05, 3.63) is 52.8 Å². The van der Waals surface area contributed by atoms with E-state index in [2.05, 4.69) is 15.5 Å². The van der Waals surface area contributed by atoms with E-state index in [1.807, 2.05) is 58.0 Å². The van der Waals surface area contributed by atoms with E-state index in [1.165, 1.54) is 0 Å². The maximum atomic E-state index is 12.5. The molecule has 0 fully saturated rings. The van der Waals surface area contributed by atoms with E-state index in [0.717, 1.165) is 11.3 Å². The lowest BCUT2D eigenvalue weighted by atomic mass is 9.75. The highest BCUT2D eigenvalue weighted by Gasteiger charge is 2.31. The maximum Gasteiger partial charge on any atom is 0.255 e. The molecule has 0 bridgehead atoms. The van der Waals surface area contributed by atoms with Crippen molar-refractivity contribution in [2.45, 2.75) is 33.6 Å². The monoisotopic (exact) mass is 315 g/mol. The number of aryl methyl sites for hydroxylation is 2. The molecule has 1 aromatic heterocycles. The lowest BCUT2D eigenvalue weighted by Crippen LogP contribution is -2.37. The second-order valence-electron chi connectivity index (χ2n) is 6.63. The van der Waals surface area contributed by atoms with Crippen LogP contribution in [0.1, 0.15) is 47.1 Å². The van der Waals surface area contributed by atoms with E-state index in [-0.39, 0.29) is 23.8 Å². The van der Waals surface area contributed by atoms with E-state index in [0.29, 0.717) is 17.8 Å². The molecule has 1 aromatic carbocycles. The average molecular weight is 315 g/mol. The van der Waals surface area contributed by atoms with E-state index in [4.69, 9.17) is 0 Å². The lowest BCUT2D eigenvalue weighted by Gasteiger charge is -2.33. The van der Waals surface area contributed by atoms with Gasteiger partial charge in [-0.2, -0.15) is 5.10 Å². The number of carbonyl (C=O) groups is 1. The van der Waals surface area contributed by atoms with Crippen LogP contribution in [0, 0.1) is 19.3 Å². The molecule has 1 amide bonds. The van der Waals surface area contributed by atoms with Gasteiger partial charge in [0.15, 0.2) is 0 Å². The summed E-state index contributed by atoms with van der Waals surface area (Å²) in [7, 11) is 0. The van der Waals surface area contributed by atoms with E-state index in [1.54, 1.807) is 0 Å². The molecule has 1 heterocycles. The van der Waals surface area contributed by atoms with Gasteiger partial charge in [-0.05, 0) is 24.8 Å². The first-order valence-corrected chi connectivity index (χ1v) is 7.82. The fourth-order valence-electron chi connectivity index (χ4n) is 2.81. The Bertz CT molecular complexity index is 643. The third-order valence-electron chi connectivity index (χ3n) is 4.37. The number of hydrogen-bond donors (Lipinski definition) is 3. The van der Waals surface area contributed by atoms with Gasteiger partial charge in [-0.1, -0.05) is 44.2 Å². The van der Waals surface area contributed by atoms with Crippen LogP contribution in [0.5, 0.6) is 0 Å². The topological polar surface area (TPSA) is 78.0 Å². The number of hydrogen-bond acceptors (Lipinski definition) is 3. The number of carbonyl (C=O) groups excluding carboxylic acids is 1. The van der Waals surface area contributed by atoms with Crippen LogP contribution in [0.2, 0.25) is 0 Å². The summed E-state index contributed by atoms with van der Waals surface area (Å²) in [6.45, 7) is 8.16. The normalized spacial score (nSPS) is 12.9. The molecule has 3 N–H and O–H groups in total. The van der Waals surface area contributed by atoms with E-state index < -0.39 is 0 Å². The van der Waals surface area contributed by atoms with Crippen molar-refractivity contribution in [1.82, 2.24) is 15.5 Å². The van der Waals surface area contributed by atoms with Crippen LogP contribution < -0.4 is 5.32 Å². The summed E-state index contributed by atoms with van der Waals surface area (Å²) >= 11 is 0. The average Bonchev–Trinajstić information content (AvgIpc) is 2.87. The first-order chi connectivity index (χ1) is 10.9. The summed E-state index contributed by atoms with van der Waals surface area (Å²) in [5, 5.41) is 19.6. The zero-order valence-corrected chi connectivity index (χ0v) is 14.2. The number of aliphatic hydroxyl groups excluding tert-OH is 1. The number of aliphatic hydroxyl groups is 1. The number of nitrogens with one attached hydrogen (secondary N) is 2. The molecule has 23 heavy (non-hydrogen) atoms. The standard InChI is InChI=1S/C18H25N3O2/c1-12-16(13(2)21-20-12)17(23)19-10-15(18(3,4)11-22)14-8-6-5-7-9-14/h5-9,15,22H,10-11H2,1-4H3,(H,19,23)(H,20,21). The Morgan fingerprint density at radius 3 is 2.48 bits per heavy atom. The molecule has 5 heteroatoms. The fraction of sp³-hybridized carbons (Fsp3) is 0.444. The molecule has 0 radical (unpaired) electrons. The first-order valence-electron chi connectivity index (χ1n) is 7.82. The molecule has 0 spiro atoms. The highest BCUT2D eigenvalue weighted by molar-refractivity contribution is 5.96. The third-order valence-corrected chi connectivity index (χ3v) is 4.37. The Kier molecular flexibility index (Phi) is 5.21. The number of aromatic nitrogens is 2. The summed E-state index contributed by atoms with van der Waals surface area (Å²) in [5.41, 5.74) is 2.82. The molecule has 1 atom stereocenters. The number of amides is 1. The van der Waals surface area contributed by atoms with Crippen LogP contribution in [-0.4, -0.2) is 34.4 Å². The summed E-state index contributed by atoms with van der Waals surface area (Å²) in [6, 6.07) is 9.97. The van der Waals surface area contributed by atoms with Crippen LogP contribution in [-0.2, 0) is 0 Å². The van der Waals surface area contributed by atoms with Gasteiger partial charge in [0, 0.05) is 24.8 Å². The quantitative estimate of drug-likeness (QED) is 0.766. The number of benzene rings is 1. The smallest absolute Gasteiger partial charge is 0.255 e. The van der Waals surface area contributed by atoms with Gasteiger partial charge in [0.1, 0.15) is 0 Å². The van der Waals surface area contributed by atoms with Gasteiger partial charge < -0.3 is 10.4 Å². The van der Waals surface area contributed by atoms with Gasteiger partial charge in [-0.25, -0.2) is 0 Å². The highest BCUT2D eigenvalue weighted by atomic mass is 16.3. The van der Waals surface area contributed by atoms with Gasteiger partial charge in [0.2, 0.25) is 0 Å². The summed E-state index contributed by atoms with van der Waals surface area (Å²) < 4.78 is 0. The van der Waals surface area contributed by atoms with Gasteiger partial charge in [0.25, 0.3) is 5.91 Å². The number of aromatic amines is 1. The van der Waals surface area contributed by atoms with Crippen molar-refractivity contribution in [3.8, 4) is 0 Å². The number of nitrogens with zero attached hydrogens (tertiary/aromatic N) is 1. The minimum Gasteiger partial charge on any atom is -0.396 e. The lowest BCUT2D eigenvalue weighted by molar-refractivity contribution is 0.0919. The van der Waals surface area contributed by atoms with Crippen molar-refractivity contribution in [2.75, 3.05) is 13.2 Å².